The van der Waals surface area contributed by atoms with Crippen molar-refractivity contribution in [2.24, 2.45) is 0 Å². The highest BCUT2D eigenvalue weighted by molar-refractivity contribution is 5.75. The third-order valence-electron chi connectivity index (χ3n) is 6.86. The van der Waals surface area contributed by atoms with E-state index < -0.39 is 0 Å². The summed E-state index contributed by atoms with van der Waals surface area (Å²) in [6.07, 6.45) is 12.8. The third kappa shape index (κ3) is 12.4. The number of allylic oxidation sites excluding steroid dienone is 4. The molecule has 0 aromatic heterocycles. The second kappa shape index (κ2) is 20.4. The summed E-state index contributed by atoms with van der Waals surface area (Å²) in [6.45, 7) is 16.3. The molecule has 230 valence electrons. The molecule has 0 fully saturated rings. The predicted molar refractivity (Wildman–Crippen MR) is 197 cm³/mol. The van der Waals surface area contributed by atoms with Crippen molar-refractivity contribution in [1.29, 1.82) is 0 Å². The fraction of sp³-hybridized carbons (Fsp3) is 0.238. The Labute approximate surface area is 268 Å². The molecule has 0 spiro atoms. The van der Waals surface area contributed by atoms with Crippen LogP contribution in [0.1, 0.15) is 55.5 Å². The van der Waals surface area contributed by atoms with Crippen molar-refractivity contribution in [3.8, 4) is 11.1 Å². The minimum Gasteiger partial charge on any atom is -0.387 e. The van der Waals surface area contributed by atoms with Gasteiger partial charge in [0.25, 0.3) is 0 Å². The Morgan fingerprint density at radius 2 is 0.932 bits per heavy atom. The van der Waals surface area contributed by atoms with Crippen LogP contribution in [0.4, 0.5) is 0 Å². The van der Waals surface area contributed by atoms with E-state index in [1.165, 1.54) is 50.1 Å². The highest BCUT2D eigenvalue weighted by Gasteiger charge is 2.02. The molecule has 0 bridgehead atoms. The number of hydrogen-bond donors (Lipinski definition) is 1. The fourth-order valence-electron chi connectivity index (χ4n) is 4.33. The molecule has 2 aliphatic heterocycles. The summed E-state index contributed by atoms with van der Waals surface area (Å²) < 4.78 is 0. The van der Waals surface area contributed by atoms with E-state index in [4.69, 9.17) is 0 Å². The number of rotatable bonds is 3. The van der Waals surface area contributed by atoms with Crippen molar-refractivity contribution in [1.82, 2.24) is 10.2 Å². The first-order valence-electron chi connectivity index (χ1n) is 15.9. The molecule has 6 rings (SSSR count). The standard InChI is InChI=1S/C13H15N.C13H12.C12H13N.2C2H6/c1-11-3-5-12(6-4-11)13-7-9-14(2)10-8-13;1-11-7-9-13(10-8-11)12-5-3-2-4-6-12;1-10-2-4-11(5-3-10)12-6-8-13-9-7-12;2*1-2/h3-9H,10H2,1-2H3;2-10H,1H3;2-8,13H,9H2,1H3;2*1-2H3. The van der Waals surface area contributed by atoms with Crippen LogP contribution in [0.15, 0.2) is 140 Å². The Kier molecular flexibility index (Phi) is 16.5. The monoisotopic (exact) mass is 584 g/mol. The molecular formula is C42H52N2. The van der Waals surface area contributed by atoms with E-state index in [1.807, 2.05) is 40.0 Å². The Morgan fingerprint density at radius 1 is 0.500 bits per heavy atom. The van der Waals surface area contributed by atoms with E-state index in [0.29, 0.717) is 0 Å². The minimum absolute atomic E-state index is 0.930. The smallest absolute Gasteiger partial charge is 0.0359 e. The summed E-state index contributed by atoms with van der Waals surface area (Å²) in [5, 5.41) is 3.14. The van der Waals surface area contributed by atoms with E-state index in [1.54, 1.807) is 0 Å². The molecule has 4 aromatic rings. The molecule has 4 aromatic carbocycles. The van der Waals surface area contributed by atoms with Gasteiger partial charge in [0.05, 0.1) is 0 Å². The summed E-state index contributed by atoms with van der Waals surface area (Å²) in [5.41, 5.74) is 11.7. The van der Waals surface area contributed by atoms with Crippen molar-refractivity contribution in [3.05, 3.63) is 168 Å². The van der Waals surface area contributed by atoms with Gasteiger partial charge in [-0.25, -0.2) is 0 Å². The molecule has 0 amide bonds. The van der Waals surface area contributed by atoms with Crippen LogP contribution in [-0.4, -0.2) is 25.0 Å². The summed E-state index contributed by atoms with van der Waals surface area (Å²) in [6, 6.07) is 36.3. The molecule has 2 heteroatoms. The third-order valence-corrected chi connectivity index (χ3v) is 6.86. The van der Waals surface area contributed by atoms with E-state index >= 15 is 0 Å². The molecule has 0 aliphatic carbocycles. The van der Waals surface area contributed by atoms with Crippen molar-refractivity contribution in [2.45, 2.75) is 48.5 Å². The van der Waals surface area contributed by atoms with Crippen LogP contribution in [0.3, 0.4) is 0 Å². The molecular weight excluding hydrogens is 532 g/mol. The molecule has 0 saturated carbocycles. The zero-order valence-electron chi connectivity index (χ0n) is 28.1. The van der Waals surface area contributed by atoms with Crippen LogP contribution in [0.2, 0.25) is 0 Å². The lowest BCUT2D eigenvalue weighted by molar-refractivity contribution is 0.506. The Balaban J connectivity index is 0.000000218. The second-order valence-corrected chi connectivity index (χ2v) is 10.3. The summed E-state index contributed by atoms with van der Waals surface area (Å²) in [7, 11) is 2.08. The number of aryl methyl sites for hydroxylation is 3. The average Bonchev–Trinajstić information content (AvgIpc) is 3.09. The molecule has 0 radical (unpaired) electrons. The molecule has 0 atom stereocenters. The molecule has 1 N–H and O–H groups in total. The SMILES string of the molecule is CC.CC.Cc1ccc(-c2ccccc2)cc1.Cc1ccc(C2=CCN(C)C=C2)cc1.Cc1ccc(C2=CCNC=C2)cc1. The number of likely N-dealkylation sites (N-methyl/N-ethyl adjacent to an activating group) is 1. The van der Waals surface area contributed by atoms with Crippen LogP contribution >= 0.6 is 0 Å². The van der Waals surface area contributed by atoms with Gasteiger partial charge in [-0.15, -0.1) is 0 Å². The van der Waals surface area contributed by atoms with Gasteiger partial charge in [0.2, 0.25) is 0 Å². The van der Waals surface area contributed by atoms with Crippen LogP contribution in [0, 0.1) is 20.8 Å². The van der Waals surface area contributed by atoms with Crippen LogP contribution in [0.25, 0.3) is 22.3 Å². The highest BCUT2D eigenvalue weighted by Crippen LogP contribution is 2.20. The van der Waals surface area contributed by atoms with Gasteiger partial charge in [-0.2, -0.15) is 0 Å². The first-order chi connectivity index (χ1) is 21.5. The van der Waals surface area contributed by atoms with Crippen LogP contribution in [0.5, 0.6) is 0 Å². The molecule has 2 heterocycles. The van der Waals surface area contributed by atoms with Gasteiger partial charge >= 0.3 is 0 Å². The maximum absolute atomic E-state index is 3.14. The lowest BCUT2D eigenvalue weighted by Gasteiger charge is -2.17. The Morgan fingerprint density at radius 3 is 1.34 bits per heavy atom. The quantitative estimate of drug-likeness (QED) is 0.258. The molecule has 2 nitrogen and oxygen atoms in total. The number of benzene rings is 4. The summed E-state index contributed by atoms with van der Waals surface area (Å²) in [4.78, 5) is 2.16. The normalized spacial score (nSPS) is 12.6. The van der Waals surface area contributed by atoms with Crippen molar-refractivity contribution >= 4 is 11.1 Å². The molecule has 0 saturated heterocycles. The van der Waals surface area contributed by atoms with E-state index in [2.05, 4.69) is 166 Å². The van der Waals surface area contributed by atoms with Gasteiger partial charge in [0, 0.05) is 20.1 Å². The van der Waals surface area contributed by atoms with Gasteiger partial charge < -0.3 is 10.2 Å². The van der Waals surface area contributed by atoms with Crippen molar-refractivity contribution < 1.29 is 0 Å². The molecule has 0 unspecified atom stereocenters. The van der Waals surface area contributed by atoms with Gasteiger partial charge in [0.1, 0.15) is 0 Å². The maximum atomic E-state index is 3.14. The number of nitrogens with zero attached hydrogens (tertiary/aromatic N) is 1. The van der Waals surface area contributed by atoms with Crippen LogP contribution < -0.4 is 5.32 Å². The van der Waals surface area contributed by atoms with E-state index in [0.717, 1.165) is 13.1 Å². The molecule has 44 heavy (non-hydrogen) atoms. The zero-order valence-corrected chi connectivity index (χ0v) is 28.1. The summed E-state index contributed by atoms with van der Waals surface area (Å²) >= 11 is 0. The Bertz CT molecular complexity index is 1450. The predicted octanol–water partition coefficient (Wildman–Crippen LogP) is 11.0. The van der Waals surface area contributed by atoms with Gasteiger partial charge in [-0.1, -0.05) is 160 Å². The fourth-order valence-corrected chi connectivity index (χ4v) is 4.33. The maximum Gasteiger partial charge on any atom is 0.0359 e. The van der Waals surface area contributed by atoms with E-state index in [9.17, 15) is 0 Å². The number of dihydropyridines is 1. The number of hydrogen-bond acceptors (Lipinski definition) is 2. The van der Waals surface area contributed by atoms with Gasteiger partial charge in [-0.3, -0.25) is 0 Å². The summed E-state index contributed by atoms with van der Waals surface area (Å²) in [5.74, 6) is 0. The van der Waals surface area contributed by atoms with Gasteiger partial charge in [0.15, 0.2) is 0 Å². The minimum atomic E-state index is 0.930. The molecule has 2 aliphatic rings. The average molecular weight is 585 g/mol. The zero-order chi connectivity index (χ0) is 32.2. The topological polar surface area (TPSA) is 15.3 Å². The largest absolute Gasteiger partial charge is 0.387 e. The lowest BCUT2D eigenvalue weighted by atomic mass is 10.0. The number of nitrogens with one attached hydrogen (secondary N) is 1. The second-order valence-electron chi connectivity index (χ2n) is 10.3. The first-order valence-corrected chi connectivity index (χ1v) is 15.9. The van der Waals surface area contributed by atoms with Crippen LogP contribution in [-0.2, 0) is 0 Å². The van der Waals surface area contributed by atoms with Crippen molar-refractivity contribution in [3.63, 3.8) is 0 Å². The highest BCUT2D eigenvalue weighted by atomic mass is 15.1. The van der Waals surface area contributed by atoms with E-state index in [-0.39, 0.29) is 0 Å². The van der Waals surface area contributed by atoms with Crippen molar-refractivity contribution in [2.75, 3.05) is 20.1 Å². The lowest BCUT2D eigenvalue weighted by Crippen LogP contribution is -2.13. The Hall–Kier alpha value is -4.56. The first kappa shape index (κ1) is 35.6. The van der Waals surface area contributed by atoms with Gasteiger partial charge in [-0.05, 0) is 78.7 Å².